The third-order valence-corrected chi connectivity index (χ3v) is 3.31. The van der Waals surface area contributed by atoms with Crippen molar-refractivity contribution in [3.63, 3.8) is 0 Å². The van der Waals surface area contributed by atoms with Gasteiger partial charge in [0.05, 0.1) is 4.92 Å². The predicted octanol–water partition coefficient (Wildman–Crippen LogP) is 3.34. The number of nitro groups is 1. The number of para-hydroxylation sites is 2. The van der Waals surface area contributed by atoms with Crippen LogP contribution in [0, 0.1) is 10.1 Å². The predicted molar refractivity (Wildman–Crippen MR) is 86.2 cm³/mol. The highest BCUT2D eigenvalue weighted by Gasteiger charge is 2.30. The van der Waals surface area contributed by atoms with Crippen LogP contribution in [-0.4, -0.2) is 27.1 Å². The summed E-state index contributed by atoms with van der Waals surface area (Å²) >= 11 is 0. The van der Waals surface area contributed by atoms with Crippen LogP contribution in [-0.2, 0) is 0 Å². The number of pyridine rings is 1. The summed E-state index contributed by atoms with van der Waals surface area (Å²) in [5.74, 6) is -1.21. The summed E-state index contributed by atoms with van der Waals surface area (Å²) in [6.07, 6.45) is -3.29. The minimum Gasteiger partial charge on any atom is -0.480 e. The maximum Gasteiger partial charge on any atom is 0.422 e. The molecule has 1 aromatic carbocycles. The average Bonchev–Trinajstić information content (AvgIpc) is 2.60. The molecule has 0 unspecified atom stereocenters. The topological polar surface area (TPSA) is 96.0 Å². The van der Waals surface area contributed by atoms with Gasteiger partial charge in [0.15, 0.2) is 18.1 Å². The van der Waals surface area contributed by atoms with Gasteiger partial charge in [0.1, 0.15) is 5.65 Å². The molecular weight excluding hydrogens is 371 g/mol. The Balaban J connectivity index is 2.06. The number of benzene rings is 1. The highest BCUT2D eigenvalue weighted by atomic mass is 19.4. The Labute approximate surface area is 148 Å². The van der Waals surface area contributed by atoms with E-state index >= 15 is 0 Å². The molecule has 27 heavy (non-hydrogen) atoms. The van der Waals surface area contributed by atoms with Crippen LogP contribution in [0.15, 0.2) is 53.5 Å². The fourth-order valence-electron chi connectivity index (χ4n) is 2.20. The summed E-state index contributed by atoms with van der Waals surface area (Å²) in [6.45, 7) is -1.58. The zero-order valence-corrected chi connectivity index (χ0v) is 13.3. The third-order valence-electron chi connectivity index (χ3n) is 3.31. The fraction of sp³-hybridized carbons (Fsp3) is 0.125. The molecule has 11 heteroatoms. The molecule has 140 valence electrons. The number of hydrogen-bond acceptors (Lipinski definition) is 6. The number of fused-ring (bicyclic) bond motifs is 1. The van der Waals surface area contributed by atoms with Crippen molar-refractivity contribution in [1.29, 1.82) is 0 Å². The molecule has 0 aliphatic heterocycles. The van der Waals surface area contributed by atoms with E-state index in [4.69, 9.17) is 4.74 Å². The lowest BCUT2D eigenvalue weighted by Crippen LogP contribution is -2.20. The molecule has 0 saturated heterocycles. The van der Waals surface area contributed by atoms with Crippen molar-refractivity contribution in [1.82, 2.24) is 9.38 Å². The van der Waals surface area contributed by atoms with Gasteiger partial charge >= 0.3 is 23.3 Å². The molecule has 3 rings (SSSR count). The molecule has 0 aliphatic rings. The summed E-state index contributed by atoms with van der Waals surface area (Å²) in [7, 11) is 0. The molecule has 0 fully saturated rings. The van der Waals surface area contributed by atoms with E-state index in [9.17, 15) is 28.1 Å². The Hall–Kier alpha value is -3.63. The van der Waals surface area contributed by atoms with Crippen LogP contribution in [0.5, 0.6) is 17.4 Å². The van der Waals surface area contributed by atoms with Crippen LogP contribution in [0.3, 0.4) is 0 Å². The number of rotatable bonds is 5. The second kappa shape index (κ2) is 6.94. The van der Waals surface area contributed by atoms with E-state index in [-0.39, 0.29) is 17.1 Å². The van der Waals surface area contributed by atoms with Gasteiger partial charge in [0.2, 0.25) is 0 Å². The van der Waals surface area contributed by atoms with E-state index in [1.807, 2.05) is 0 Å². The van der Waals surface area contributed by atoms with Gasteiger partial charge in [-0.2, -0.15) is 18.2 Å². The molecule has 0 radical (unpaired) electrons. The molecule has 0 saturated carbocycles. The van der Waals surface area contributed by atoms with E-state index in [0.717, 1.165) is 4.40 Å². The first kappa shape index (κ1) is 18.2. The van der Waals surface area contributed by atoms with Gasteiger partial charge in [0, 0.05) is 6.20 Å². The van der Waals surface area contributed by atoms with Crippen molar-refractivity contribution in [2.24, 2.45) is 0 Å². The molecular formula is C16H10F3N3O5. The maximum atomic E-state index is 12.4. The molecule has 0 amide bonds. The lowest BCUT2D eigenvalue weighted by Gasteiger charge is -2.13. The van der Waals surface area contributed by atoms with Crippen molar-refractivity contribution in [2.45, 2.75) is 6.18 Å². The molecule has 0 N–H and O–H groups in total. The van der Waals surface area contributed by atoms with Gasteiger partial charge in [0.25, 0.3) is 0 Å². The van der Waals surface area contributed by atoms with Crippen molar-refractivity contribution in [3.8, 4) is 17.4 Å². The monoisotopic (exact) mass is 381 g/mol. The summed E-state index contributed by atoms with van der Waals surface area (Å²) in [5.41, 5.74) is -1.88. The number of hydrogen-bond donors (Lipinski definition) is 0. The number of halogens is 3. The summed E-state index contributed by atoms with van der Waals surface area (Å²) in [4.78, 5) is 26.6. The molecule has 0 bridgehead atoms. The summed E-state index contributed by atoms with van der Waals surface area (Å²) < 4.78 is 48.1. The van der Waals surface area contributed by atoms with Crippen molar-refractivity contribution >= 4 is 11.3 Å². The Morgan fingerprint density at radius 3 is 2.44 bits per heavy atom. The smallest absolute Gasteiger partial charge is 0.422 e. The van der Waals surface area contributed by atoms with E-state index in [1.54, 1.807) is 6.07 Å². The normalized spacial score (nSPS) is 11.4. The lowest BCUT2D eigenvalue weighted by molar-refractivity contribution is -0.387. The lowest BCUT2D eigenvalue weighted by atomic mass is 10.3. The van der Waals surface area contributed by atoms with E-state index < -0.39 is 34.8 Å². The van der Waals surface area contributed by atoms with Crippen LogP contribution >= 0.6 is 0 Å². The molecule has 2 heterocycles. The van der Waals surface area contributed by atoms with E-state index in [2.05, 4.69) is 9.72 Å². The van der Waals surface area contributed by atoms with Crippen LogP contribution in [0.2, 0.25) is 0 Å². The van der Waals surface area contributed by atoms with Crippen LogP contribution in [0.4, 0.5) is 18.9 Å². The second-order valence-electron chi connectivity index (χ2n) is 5.21. The second-order valence-corrected chi connectivity index (χ2v) is 5.21. The van der Waals surface area contributed by atoms with Crippen molar-refractivity contribution in [3.05, 3.63) is 69.1 Å². The van der Waals surface area contributed by atoms with Gasteiger partial charge in [-0.05, 0) is 24.3 Å². The van der Waals surface area contributed by atoms with Crippen LogP contribution < -0.4 is 15.0 Å². The Morgan fingerprint density at radius 2 is 1.78 bits per heavy atom. The highest BCUT2D eigenvalue weighted by Crippen LogP contribution is 2.34. The highest BCUT2D eigenvalue weighted by molar-refractivity contribution is 5.52. The largest absolute Gasteiger partial charge is 0.480 e. The number of nitrogens with zero attached hydrogens (tertiary/aromatic N) is 3. The molecule has 3 aromatic rings. The first-order valence-electron chi connectivity index (χ1n) is 7.38. The van der Waals surface area contributed by atoms with E-state index in [0.29, 0.717) is 0 Å². The average molecular weight is 381 g/mol. The van der Waals surface area contributed by atoms with Gasteiger partial charge in [-0.15, -0.1) is 0 Å². The first-order chi connectivity index (χ1) is 12.8. The van der Waals surface area contributed by atoms with Gasteiger partial charge in [-0.25, -0.2) is 0 Å². The standard InChI is InChI=1S/C16H10F3N3O5/c17-16(18,19)9-26-10-5-1-2-6-11(10)27-14-13(22(24)25)15(23)21-8-4-3-7-12(21)20-14/h1-8H,9H2. The first-order valence-corrected chi connectivity index (χ1v) is 7.38. The van der Waals surface area contributed by atoms with Gasteiger partial charge in [-0.1, -0.05) is 18.2 Å². The molecule has 0 atom stereocenters. The van der Waals surface area contributed by atoms with E-state index in [1.165, 1.54) is 42.6 Å². The zero-order valence-electron chi connectivity index (χ0n) is 13.3. The summed E-state index contributed by atoms with van der Waals surface area (Å²) in [6, 6.07) is 9.72. The number of aromatic nitrogens is 2. The third kappa shape index (κ3) is 3.97. The number of alkyl halides is 3. The fourth-order valence-corrected chi connectivity index (χ4v) is 2.20. The van der Waals surface area contributed by atoms with Gasteiger partial charge in [-0.3, -0.25) is 19.3 Å². The molecule has 0 aliphatic carbocycles. The minimum atomic E-state index is -4.58. The summed E-state index contributed by atoms with van der Waals surface area (Å²) in [5, 5.41) is 11.3. The Morgan fingerprint density at radius 1 is 1.11 bits per heavy atom. The van der Waals surface area contributed by atoms with Crippen LogP contribution in [0.1, 0.15) is 0 Å². The Kier molecular flexibility index (Phi) is 4.67. The quantitative estimate of drug-likeness (QED) is 0.497. The van der Waals surface area contributed by atoms with Gasteiger partial charge < -0.3 is 9.47 Å². The van der Waals surface area contributed by atoms with Crippen molar-refractivity contribution in [2.75, 3.05) is 6.61 Å². The molecule has 0 spiro atoms. The Bertz CT molecular complexity index is 1070. The number of ether oxygens (including phenoxy) is 2. The van der Waals surface area contributed by atoms with Crippen LogP contribution in [0.25, 0.3) is 5.65 Å². The van der Waals surface area contributed by atoms with Crippen molar-refractivity contribution < 1.29 is 27.6 Å². The molecule has 2 aromatic heterocycles. The molecule has 8 nitrogen and oxygen atoms in total. The SMILES string of the molecule is O=c1c([N+](=O)[O-])c(Oc2ccccc2OCC(F)(F)F)nc2ccccn12. The zero-order chi connectivity index (χ0) is 19.6. The minimum absolute atomic E-state index is 0.0665. The maximum absolute atomic E-state index is 12.4.